The second kappa shape index (κ2) is 8.56. The van der Waals surface area contributed by atoms with Crippen LogP contribution in [0.5, 0.6) is 5.75 Å². The molecule has 0 amide bonds. The van der Waals surface area contributed by atoms with Gasteiger partial charge >= 0.3 is 0 Å². The molecule has 5 nitrogen and oxygen atoms in total. The Morgan fingerprint density at radius 2 is 1.65 bits per heavy atom. The van der Waals surface area contributed by atoms with Gasteiger partial charge in [-0.25, -0.2) is 4.98 Å². The molecule has 3 aromatic rings. The fraction of sp³-hybridized carbons (Fsp3) is 0.0526. The zero-order valence-electron chi connectivity index (χ0n) is 13.7. The number of aromatic nitrogens is 1. The molecule has 0 aliphatic carbocycles. The molecule has 0 spiro atoms. The Morgan fingerprint density at radius 1 is 0.923 bits per heavy atom. The minimum atomic E-state index is 0.0792. The van der Waals surface area contributed by atoms with Crippen molar-refractivity contribution in [2.45, 2.75) is 6.61 Å². The third-order valence-electron chi connectivity index (χ3n) is 3.49. The standard InChI is InChI=1S/C19H16Cl2N4O/c20-15-8-4-9-16(21)14(15)12-26-17-10-5-11-23-18(17)25-19(22)24-13-6-2-1-3-7-13/h1-11H,12H2,(H3,22,23,24,25). The van der Waals surface area contributed by atoms with Crippen molar-refractivity contribution in [3.63, 3.8) is 0 Å². The van der Waals surface area contributed by atoms with Gasteiger partial charge in [0.05, 0.1) is 0 Å². The lowest BCUT2D eigenvalue weighted by Crippen LogP contribution is -2.21. The van der Waals surface area contributed by atoms with Crippen LogP contribution in [0, 0.1) is 5.41 Å². The summed E-state index contributed by atoms with van der Waals surface area (Å²) in [6, 6.07) is 18.2. The number of anilines is 2. The van der Waals surface area contributed by atoms with Crippen LogP contribution in [0.15, 0.2) is 66.9 Å². The zero-order chi connectivity index (χ0) is 18.4. The molecule has 0 aliphatic heterocycles. The van der Waals surface area contributed by atoms with Crippen LogP contribution >= 0.6 is 23.2 Å². The molecule has 0 atom stereocenters. The van der Waals surface area contributed by atoms with E-state index >= 15 is 0 Å². The van der Waals surface area contributed by atoms with Crippen molar-refractivity contribution in [3.8, 4) is 5.75 Å². The molecule has 0 bridgehead atoms. The first-order valence-corrected chi connectivity index (χ1v) is 8.57. The Balaban J connectivity index is 1.69. The highest BCUT2D eigenvalue weighted by Gasteiger charge is 2.10. The van der Waals surface area contributed by atoms with E-state index in [4.69, 9.17) is 33.3 Å². The van der Waals surface area contributed by atoms with Crippen LogP contribution in [0.4, 0.5) is 11.5 Å². The summed E-state index contributed by atoms with van der Waals surface area (Å²) in [4.78, 5) is 4.23. The predicted octanol–water partition coefficient (Wildman–Crippen LogP) is 5.43. The molecule has 2 aromatic carbocycles. The van der Waals surface area contributed by atoms with Crippen LogP contribution in [-0.4, -0.2) is 10.9 Å². The van der Waals surface area contributed by atoms with E-state index in [-0.39, 0.29) is 12.6 Å². The summed E-state index contributed by atoms with van der Waals surface area (Å²) >= 11 is 12.3. The fourth-order valence-corrected chi connectivity index (χ4v) is 2.74. The number of ether oxygens (including phenoxy) is 1. The van der Waals surface area contributed by atoms with E-state index in [1.807, 2.05) is 30.3 Å². The van der Waals surface area contributed by atoms with E-state index in [0.29, 0.717) is 27.2 Å². The topological polar surface area (TPSA) is 70.0 Å². The van der Waals surface area contributed by atoms with Gasteiger partial charge in [-0.1, -0.05) is 47.5 Å². The normalized spacial score (nSPS) is 10.2. The average Bonchev–Trinajstić information content (AvgIpc) is 2.63. The van der Waals surface area contributed by atoms with E-state index in [1.54, 1.807) is 36.5 Å². The van der Waals surface area contributed by atoms with Crippen molar-refractivity contribution in [3.05, 3.63) is 82.5 Å². The van der Waals surface area contributed by atoms with Gasteiger partial charge < -0.3 is 15.4 Å². The van der Waals surface area contributed by atoms with Gasteiger partial charge in [-0.05, 0) is 36.4 Å². The lowest BCUT2D eigenvalue weighted by molar-refractivity contribution is 0.307. The Kier molecular flexibility index (Phi) is 5.94. The summed E-state index contributed by atoms with van der Waals surface area (Å²) in [5.74, 6) is 0.989. The number of hydrogen-bond donors (Lipinski definition) is 3. The molecule has 7 heteroatoms. The highest BCUT2D eigenvalue weighted by atomic mass is 35.5. The number of hydrogen-bond acceptors (Lipinski definition) is 3. The highest BCUT2D eigenvalue weighted by molar-refractivity contribution is 6.35. The summed E-state index contributed by atoms with van der Waals surface area (Å²) in [6.07, 6.45) is 1.62. The molecular weight excluding hydrogens is 371 g/mol. The first-order chi connectivity index (χ1) is 12.6. The van der Waals surface area contributed by atoms with E-state index in [0.717, 1.165) is 5.69 Å². The van der Waals surface area contributed by atoms with Gasteiger partial charge in [-0.15, -0.1) is 0 Å². The molecule has 0 saturated heterocycles. The molecule has 0 radical (unpaired) electrons. The molecule has 3 N–H and O–H groups in total. The van der Waals surface area contributed by atoms with Crippen LogP contribution in [0.2, 0.25) is 10.0 Å². The minimum Gasteiger partial charge on any atom is -0.485 e. The largest absolute Gasteiger partial charge is 0.485 e. The van der Waals surface area contributed by atoms with Crippen LogP contribution in [0.3, 0.4) is 0 Å². The Hall–Kier alpha value is -2.76. The number of nitrogens with zero attached hydrogens (tertiary/aromatic N) is 1. The van der Waals surface area contributed by atoms with Gasteiger partial charge in [0.15, 0.2) is 17.5 Å². The van der Waals surface area contributed by atoms with Gasteiger partial charge in [0.1, 0.15) is 6.61 Å². The zero-order valence-corrected chi connectivity index (χ0v) is 15.2. The number of guanidine groups is 1. The lowest BCUT2D eigenvalue weighted by atomic mass is 10.2. The smallest absolute Gasteiger partial charge is 0.198 e. The third-order valence-corrected chi connectivity index (χ3v) is 4.20. The van der Waals surface area contributed by atoms with Gasteiger partial charge in [-0.3, -0.25) is 5.41 Å². The van der Waals surface area contributed by atoms with E-state index in [1.165, 1.54) is 0 Å². The molecular formula is C19H16Cl2N4O. The molecule has 0 unspecified atom stereocenters. The number of halogens is 2. The van der Waals surface area contributed by atoms with Crippen molar-refractivity contribution in [2.24, 2.45) is 0 Å². The average molecular weight is 387 g/mol. The van der Waals surface area contributed by atoms with Crippen LogP contribution in [0.1, 0.15) is 5.56 Å². The van der Waals surface area contributed by atoms with E-state index < -0.39 is 0 Å². The SMILES string of the molecule is N=C(Nc1ccccc1)Nc1ncccc1OCc1c(Cl)cccc1Cl. The van der Waals surface area contributed by atoms with Crippen molar-refractivity contribution < 1.29 is 4.74 Å². The van der Waals surface area contributed by atoms with Crippen molar-refractivity contribution in [1.82, 2.24) is 4.98 Å². The molecule has 0 fully saturated rings. The van der Waals surface area contributed by atoms with Crippen molar-refractivity contribution in [1.29, 1.82) is 5.41 Å². The molecule has 0 saturated carbocycles. The monoisotopic (exact) mass is 386 g/mol. The predicted molar refractivity (Wildman–Crippen MR) is 106 cm³/mol. The third kappa shape index (κ3) is 4.65. The van der Waals surface area contributed by atoms with E-state index in [2.05, 4.69) is 15.6 Å². The summed E-state index contributed by atoms with van der Waals surface area (Å²) in [6.45, 7) is 0.193. The Labute approximate surface area is 161 Å². The van der Waals surface area contributed by atoms with Crippen LogP contribution < -0.4 is 15.4 Å². The highest BCUT2D eigenvalue weighted by Crippen LogP contribution is 2.28. The number of para-hydroxylation sites is 1. The summed E-state index contributed by atoms with van der Waals surface area (Å²) in [5, 5.41) is 15.0. The molecule has 1 heterocycles. The summed E-state index contributed by atoms with van der Waals surface area (Å²) in [7, 11) is 0. The summed E-state index contributed by atoms with van der Waals surface area (Å²) < 4.78 is 5.82. The van der Waals surface area contributed by atoms with E-state index in [9.17, 15) is 0 Å². The first-order valence-electron chi connectivity index (χ1n) is 7.82. The number of pyridine rings is 1. The maximum absolute atomic E-state index is 8.06. The Morgan fingerprint density at radius 3 is 2.38 bits per heavy atom. The molecule has 26 heavy (non-hydrogen) atoms. The van der Waals surface area contributed by atoms with Gasteiger partial charge in [0, 0.05) is 27.5 Å². The number of benzene rings is 2. The van der Waals surface area contributed by atoms with Crippen LogP contribution in [-0.2, 0) is 6.61 Å². The molecule has 132 valence electrons. The number of nitrogens with one attached hydrogen (secondary N) is 3. The second-order valence-corrected chi connectivity index (χ2v) is 6.14. The van der Waals surface area contributed by atoms with Crippen LogP contribution in [0.25, 0.3) is 0 Å². The van der Waals surface area contributed by atoms with Crippen molar-refractivity contribution in [2.75, 3.05) is 10.6 Å². The quantitative estimate of drug-likeness (QED) is 0.404. The van der Waals surface area contributed by atoms with Gasteiger partial charge in [0.2, 0.25) is 0 Å². The Bertz CT molecular complexity index is 883. The number of rotatable bonds is 5. The minimum absolute atomic E-state index is 0.0792. The lowest BCUT2D eigenvalue weighted by Gasteiger charge is -2.14. The first kappa shape index (κ1) is 18.0. The maximum Gasteiger partial charge on any atom is 0.198 e. The molecule has 3 rings (SSSR count). The molecule has 0 aliphatic rings. The summed E-state index contributed by atoms with van der Waals surface area (Å²) in [5.41, 5.74) is 1.49. The van der Waals surface area contributed by atoms with Gasteiger partial charge in [-0.2, -0.15) is 0 Å². The second-order valence-electron chi connectivity index (χ2n) is 5.33. The maximum atomic E-state index is 8.06. The van der Waals surface area contributed by atoms with Crippen molar-refractivity contribution >= 4 is 40.7 Å². The fourth-order valence-electron chi connectivity index (χ4n) is 2.24. The molecule has 1 aromatic heterocycles. The van der Waals surface area contributed by atoms with Gasteiger partial charge in [0.25, 0.3) is 0 Å².